The van der Waals surface area contributed by atoms with Gasteiger partial charge in [-0.3, -0.25) is 4.90 Å². The highest BCUT2D eigenvalue weighted by Crippen LogP contribution is 2.36. The highest BCUT2D eigenvalue weighted by molar-refractivity contribution is 7.13. The van der Waals surface area contributed by atoms with E-state index in [1.54, 1.807) is 11.3 Å². The number of rotatable bonds is 3. The van der Waals surface area contributed by atoms with E-state index in [9.17, 15) is 0 Å². The van der Waals surface area contributed by atoms with Crippen molar-refractivity contribution in [2.24, 2.45) is 0 Å². The van der Waals surface area contributed by atoms with Gasteiger partial charge in [0.2, 0.25) is 6.79 Å². The van der Waals surface area contributed by atoms with Crippen LogP contribution in [0.2, 0.25) is 0 Å². The minimum Gasteiger partial charge on any atom is -0.454 e. The highest BCUT2D eigenvalue weighted by Gasteiger charge is 2.18. The van der Waals surface area contributed by atoms with Crippen LogP contribution in [0.4, 0.5) is 0 Å². The van der Waals surface area contributed by atoms with Crippen molar-refractivity contribution < 1.29 is 9.47 Å². The fourth-order valence-electron chi connectivity index (χ4n) is 3.46. The molecule has 5 rings (SSSR count). The lowest BCUT2D eigenvalue weighted by molar-refractivity contribution is 0.174. The molecule has 25 heavy (non-hydrogen) atoms. The number of fused-ring (bicyclic) bond motifs is 2. The third-order valence-electron chi connectivity index (χ3n) is 4.77. The fourth-order valence-corrected chi connectivity index (χ4v) is 4.27. The van der Waals surface area contributed by atoms with Gasteiger partial charge in [-0.2, -0.15) is 0 Å². The van der Waals surface area contributed by atoms with Crippen molar-refractivity contribution in [3.05, 3.63) is 64.7 Å². The Bertz CT molecular complexity index is 922. The molecule has 0 radical (unpaired) electrons. The number of thiazole rings is 1. The molecule has 2 aliphatic rings. The van der Waals surface area contributed by atoms with E-state index >= 15 is 0 Å². The third kappa shape index (κ3) is 2.90. The molecule has 0 saturated carbocycles. The fraction of sp³-hybridized carbons (Fsp3) is 0.250. The summed E-state index contributed by atoms with van der Waals surface area (Å²) in [6.07, 6.45) is 1.12. The van der Waals surface area contributed by atoms with E-state index in [0.717, 1.165) is 53.8 Å². The molecule has 0 unspecified atom stereocenters. The molecule has 0 spiro atoms. The van der Waals surface area contributed by atoms with Crippen LogP contribution >= 0.6 is 11.3 Å². The third-order valence-corrected chi connectivity index (χ3v) is 5.71. The first kappa shape index (κ1) is 14.9. The molecule has 4 nitrogen and oxygen atoms in total. The normalized spacial score (nSPS) is 16.0. The molecule has 2 aliphatic heterocycles. The van der Waals surface area contributed by atoms with E-state index in [2.05, 4.69) is 34.5 Å². The average Bonchev–Trinajstić information content (AvgIpc) is 3.30. The standard InChI is InChI=1S/C20H18N2O2S/c1-2-4-16-10-22(8-7-14(16)3-1)11-17-12-25-20(21-17)15-5-6-18-19(9-15)24-13-23-18/h1-6,9,12H,7-8,10-11,13H2. The van der Waals surface area contributed by atoms with Crippen LogP contribution in [0, 0.1) is 0 Å². The Labute approximate surface area is 150 Å². The Kier molecular flexibility index (Phi) is 3.68. The van der Waals surface area contributed by atoms with E-state index in [0.29, 0.717) is 6.79 Å². The molecule has 2 aromatic carbocycles. The van der Waals surface area contributed by atoms with Crippen molar-refractivity contribution in [3.8, 4) is 22.1 Å². The molecule has 0 bridgehead atoms. The summed E-state index contributed by atoms with van der Waals surface area (Å²) in [6.45, 7) is 3.30. The predicted octanol–water partition coefficient (Wildman–Crippen LogP) is 4.10. The molecule has 0 atom stereocenters. The second-order valence-electron chi connectivity index (χ2n) is 6.44. The maximum absolute atomic E-state index is 5.47. The van der Waals surface area contributed by atoms with Crippen molar-refractivity contribution >= 4 is 11.3 Å². The van der Waals surface area contributed by atoms with Crippen molar-refractivity contribution in [2.45, 2.75) is 19.5 Å². The second-order valence-corrected chi connectivity index (χ2v) is 7.30. The minimum atomic E-state index is 0.304. The topological polar surface area (TPSA) is 34.6 Å². The Morgan fingerprint density at radius 1 is 1.04 bits per heavy atom. The Balaban J connectivity index is 1.32. The maximum Gasteiger partial charge on any atom is 0.231 e. The highest BCUT2D eigenvalue weighted by atomic mass is 32.1. The van der Waals surface area contributed by atoms with Gasteiger partial charge in [0.25, 0.3) is 0 Å². The van der Waals surface area contributed by atoms with E-state index in [1.165, 1.54) is 11.1 Å². The minimum absolute atomic E-state index is 0.304. The molecular formula is C20H18N2O2S. The van der Waals surface area contributed by atoms with Gasteiger partial charge >= 0.3 is 0 Å². The van der Waals surface area contributed by atoms with Crippen LogP contribution in [0.5, 0.6) is 11.5 Å². The Hall–Kier alpha value is -2.37. The summed E-state index contributed by atoms with van der Waals surface area (Å²) >= 11 is 1.69. The summed E-state index contributed by atoms with van der Waals surface area (Å²) in [6, 6.07) is 14.8. The van der Waals surface area contributed by atoms with Crippen LogP contribution in [0.25, 0.3) is 10.6 Å². The molecule has 5 heteroatoms. The maximum atomic E-state index is 5.47. The zero-order valence-corrected chi connectivity index (χ0v) is 14.6. The number of aromatic nitrogens is 1. The number of hydrogen-bond donors (Lipinski definition) is 0. The first-order valence-corrected chi connectivity index (χ1v) is 9.37. The van der Waals surface area contributed by atoms with E-state index in [4.69, 9.17) is 14.5 Å². The van der Waals surface area contributed by atoms with Crippen LogP contribution in [-0.2, 0) is 19.5 Å². The lowest BCUT2D eigenvalue weighted by Crippen LogP contribution is -2.30. The van der Waals surface area contributed by atoms with Crippen molar-refractivity contribution in [2.75, 3.05) is 13.3 Å². The SMILES string of the molecule is c1ccc2c(c1)CCN(Cc1csc(-c3ccc4c(c3)OCO4)n1)C2. The molecule has 0 fully saturated rings. The quantitative estimate of drug-likeness (QED) is 0.712. The van der Waals surface area contributed by atoms with Gasteiger partial charge in [-0.25, -0.2) is 4.98 Å². The van der Waals surface area contributed by atoms with Crippen LogP contribution in [-0.4, -0.2) is 23.2 Å². The van der Waals surface area contributed by atoms with Crippen molar-refractivity contribution in [1.82, 2.24) is 9.88 Å². The summed E-state index contributed by atoms with van der Waals surface area (Å²) in [4.78, 5) is 7.31. The first-order chi connectivity index (χ1) is 12.3. The Morgan fingerprint density at radius 3 is 2.88 bits per heavy atom. The number of ether oxygens (including phenoxy) is 2. The van der Waals surface area contributed by atoms with Crippen LogP contribution in [0.3, 0.4) is 0 Å². The van der Waals surface area contributed by atoms with Crippen molar-refractivity contribution in [3.63, 3.8) is 0 Å². The summed E-state index contributed by atoms with van der Waals surface area (Å²) in [5, 5.41) is 3.20. The van der Waals surface area contributed by atoms with Gasteiger partial charge < -0.3 is 9.47 Å². The summed E-state index contributed by atoms with van der Waals surface area (Å²) < 4.78 is 10.8. The molecule has 3 heterocycles. The largest absolute Gasteiger partial charge is 0.454 e. The van der Waals surface area contributed by atoms with E-state index in [-0.39, 0.29) is 0 Å². The summed E-state index contributed by atoms with van der Waals surface area (Å²) in [5.74, 6) is 1.62. The van der Waals surface area contributed by atoms with Gasteiger partial charge in [-0.15, -0.1) is 11.3 Å². The van der Waals surface area contributed by atoms with Gasteiger partial charge in [0.1, 0.15) is 5.01 Å². The zero-order chi connectivity index (χ0) is 16.6. The lowest BCUT2D eigenvalue weighted by atomic mass is 10.00. The van der Waals surface area contributed by atoms with Crippen molar-refractivity contribution in [1.29, 1.82) is 0 Å². The van der Waals surface area contributed by atoms with Gasteiger partial charge in [0.05, 0.1) is 5.69 Å². The van der Waals surface area contributed by atoms with Crippen LogP contribution < -0.4 is 9.47 Å². The van der Waals surface area contributed by atoms with E-state index < -0.39 is 0 Å². The van der Waals surface area contributed by atoms with Gasteiger partial charge in [0.15, 0.2) is 11.5 Å². The van der Waals surface area contributed by atoms with Gasteiger partial charge in [-0.1, -0.05) is 24.3 Å². The Morgan fingerprint density at radius 2 is 1.92 bits per heavy atom. The van der Waals surface area contributed by atoms with E-state index in [1.807, 2.05) is 18.2 Å². The molecule has 126 valence electrons. The molecule has 0 N–H and O–H groups in total. The summed E-state index contributed by atoms with van der Waals surface area (Å²) in [5.41, 5.74) is 5.15. The first-order valence-electron chi connectivity index (χ1n) is 8.49. The van der Waals surface area contributed by atoms with Gasteiger partial charge in [0, 0.05) is 30.6 Å². The average molecular weight is 350 g/mol. The monoisotopic (exact) mass is 350 g/mol. The molecule has 0 amide bonds. The lowest BCUT2D eigenvalue weighted by Gasteiger charge is -2.27. The molecular weight excluding hydrogens is 332 g/mol. The molecule has 0 aliphatic carbocycles. The second kappa shape index (κ2) is 6.17. The summed E-state index contributed by atoms with van der Waals surface area (Å²) in [7, 11) is 0. The molecule has 3 aromatic rings. The number of nitrogens with zero attached hydrogens (tertiary/aromatic N) is 2. The number of hydrogen-bond acceptors (Lipinski definition) is 5. The zero-order valence-electron chi connectivity index (χ0n) is 13.8. The van der Waals surface area contributed by atoms with Crippen LogP contribution in [0.15, 0.2) is 47.8 Å². The molecule has 1 aromatic heterocycles. The predicted molar refractivity (Wildman–Crippen MR) is 97.9 cm³/mol. The van der Waals surface area contributed by atoms with Gasteiger partial charge in [-0.05, 0) is 35.7 Å². The number of benzene rings is 2. The molecule has 0 saturated heterocycles. The smallest absolute Gasteiger partial charge is 0.231 e. The van der Waals surface area contributed by atoms with Crippen LogP contribution in [0.1, 0.15) is 16.8 Å².